The molecule has 0 aromatic heterocycles. The molecule has 0 radical (unpaired) electrons. The third kappa shape index (κ3) is 5.12. The zero-order valence-corrected chi connectivity index (χ0v) is 19.7. The maximum Gasteiger partial charge on any atom is 0.255 e. The SMILES string of the molecule is COc1ccc(-c2ccc(C(=O)Nc3ccc(N4CCC(N(C)C)C4)cc3)cc2)cc1OC. The Bertz CT molecular complexity index is 1090. The molecule has 6 nitrogen and oxygen atoms in total. The predicted octanol–water partition coefficient (Wildman–Crippen LogP) is 4.76. The van der Waals surface area contributed by atoms with Gasteiger partial charge in [-0.25, -0.2) is 0 Å². The molecule has 33 heavy (non-hydrogen) atoms. The van der Waals surface area contributed by atoms with E-state index in [0.29, 0.717) is 23.1 Å². The number of amides is 1. The minimum Gasteiger partial charge on any atom is -0.493 e. The average molecular weight is 446 g/mol. The molecule has 1 aliphatic heterocycles. The summed E-state index contributed by atoms with van der Waals surface area (Å²) in [6, 6.07) is 22.0. The molecule has 1 N–H and O–H groups in total. The van der Waals surface area contributed by atoms with Crippen LogP contribution in [0.4, 0.5) is 11.4 Å². The zero-order chi connectivity index (χ0) is 23.4. The van der Waals surface area contributed by atoms with Gasteiger partial charge in [0.2, 0.25) is 0 Å². The highest BCUT2D eigenvalue weighted by atomic mass is 16.5. The van der Waals surface area contributed by atoms with Crippen LogP contribution in [0, 0.1) is 0 Å². The minimum absolute atomic E-state index is 0.129. The number of ether oxygens (including phenoxy) is 2. The van der Waals surface area contributed by atoms with Crippen LogP contribution in [0.1, 0.15) is 16.8 Å². The molecule has 1 fully saturated rings. The Morgan fingerprint density at radius 3 is 2.18 bits per heavy atom. The van der Waals surface area contributed by atoms with Crippen molar-refractivity contribution in [2.75, 3.05) is 51.6 Å². The summed E-state index contributed by atoms with van der Waals surface area (Å²) in [6.07, 6.45) is 1.17. The highest BCUT2D eigenvalue weighted by Crippen LogP contribution is 2.32. The van der Waals surface area contributed by atoms with Gasteiger partial charge in [0.25, 0.3) is 5.91 Å². The molecule has 0 bridgehead atoms. The van der Waals surface area contributed by atoms with E-state index in [-0.39, 0.29) is 5.91 Å². The van der Waals surface area contributed by atoms with Crippen molar-refractivity contribution in [1.82, 2.24) is 4.90 Å². The van der Waals surface area contributed by atoms with Crippen molar-refractivity contribution >= 4 is 17.3 Å². The zero-order valence-electron chi connectivity index (χ0n) is 19.7. The number of hydrogen-bond acceptors (Lipinski definition) is 5. The fourth-order valence-electron chi connectivity index (χ4n) is 4.19. The quantitative estimate of drug-likeness (QED) is 0.568. The Morgan fingerprint density at radius 2 is 1.58 bits per heavy atom. The Labute approximate surface area is 195 Å². The largest absolute Gasteiger partial charge is 0.493 e. The molecule has 1 saturated heterocycles. The Hall–Kier alpha value is -3.51. The molecule has 0 aliphatic carbocycles. The van der Waals surface area contributed by atoms with Crippen molar-refractivity contribution in [3.05, 3.63) is 72.3 Å². The number of methoxy groups -OCH3 is 2. The van der Waals surface area contributed by atoms with Crippen LogP contribution in [0.25, 0.3) is 11.1 Å². The summed E-state index contributed by atoms with van der Waals surface area (Å²) in [4.78, 5) is 17.4. The monoisotopic (exact) mass is 445 g/mol. The summed E-state index contributed by atoms with van der Waals surface area (Å²) < 4.78 is 10.7. The first kappa shape index (κ1) is 22.7. The maximum absolute atomic E-state index is 12.7. The van der Waals surface area contributed by atoms with E-state index in [2.05, 4.69) is 41.3 Å². The lowest BCUT2D eigenvalue weighted by Crippen LogP contribution is -2.31. The first-order chi connectivity index (χ1) is 16.0. The Balaban J connectivity index is 1.40. The van der Waals surface area contributed by atoms with Gasteiger partial charge in [-0.2, -0.15) is 0 Å². The van der Waals surface area contributed by atoms with Gasteiger partial charge < -0.3 is 24.6 Å². The standard InChI is InChI=1S/C27H31N3O3/c1-29(2)24-15-16-30(18-24)23-12-10-22(11-13-23)28-27(31)20-7-5-19(6-8-20)21-9-14-25(32-3)26(17-21)33-4/h5-14,17,24H,15-16,18H2,1-4H3,(H,28,31). The van der Waals surface area contributed by atoms with Crippen LogP contribution in [0.3, 0.4) is 0 Å². The number of rotatable bonds is 7. The smallest absolute Gasteiger partial charge is 0.255 e. The van der Waals surface area contributed by atoms with Gasteiger partial charge in [0.05, 0.1) is 14.2 Å². The van der Waals surface area contributed by atoms with Gasteiger partial charge in [-0.05, 0) is 80.2 Å². The molecule has 3 aromatic rings. The molecule has 0 spiro atoms. The molecule has 6 heteroatoms. The van der Waals surface area contributed by atoms with Crippen molar-refractivity contribution in [2.45, 2.75) is 12.5 Å². The van der Waals surface area contributed by atoms with Crippen molar-refractivity contribution in [3.63, 3.8) is 0 Å². The number of benzene rings is 3. The first-order valence-corrected chi connectivity index (χ1v) is 11.1. The fraction of sp³-hybridized carbons (Fsp3) is 0.296. The highest BCUT2D eigenvalue weighted by Gasteiger charge is 2.24. The normalized spacial score (nSPS) is 15.5. The number of carbonyl (C=O) groups is 1. The third-order valence-corrected chi connectivity index (χ3v) is 6.25. The first-order valence-electron chi connectivity index (χ1n) is 11.1. The second kappa shape index (κ2) is 9.96. The molecule has 172 valence electrons. The number of likely N-dealkylation sites (N-methyl/N-ethyl adjacent to an activating group) is 1. The molecule has 0 saturated carbocycles. The molecule has 4 rings (SSSR count). The summed E-state index contributed by atoms with van der Waals surface area (Å²) in [5.41, 5.74) is 4.58. The van der Waals surface area contributed by atoms with Crippen LogP contribution in [0.2, 0.25) is 0 Å². The van der Waals surface area contributed by atoms with Gasteiger partial charge in [0.1, 0.15) is 0 Å². The molecule has 3 aromatic carbocycles. The van der Waals surface area contributed by atoms with E-state index in [9.17, 15) is 4.79 Å². The Morgan fingerprint density at radius 1 is 0.909 bits per heavy atom. The van der Waals surface area contributed by atoms with Crippen molar-refractivity contribution in [3.8, 4) is 22.6 Å². The van der Waals surface area contributed by atoms with Crippen LogP contribution >= 0.6 is 0 Å². The summed E-state index contributed by atoms with van der Waals surface area (Å²) >= 11 is 0. The molecule has 1 heterocycles. The van der Waals surface area contributed by atoms with Gasteiger partial charge in [-0.15, -0.1) is 0 Å². The number of carbonyl (C=O) groups excluding carboxylic acids is 1. The van der Waals surface area contributed by atoms with E-state index in [4.69, 9.17) is 9.47 Å². The number of nitrogens with one attached hydrogen (secondary N) is 1. The van der Waals surface area contributed by atoms with Gasteiger partial charge >= 0.3 is 0 Å². The maximum atomic E-state index is 12.7. The molecule has 1 atom stereocenters. The number of anilines is 2. The summed E-state index contributed by atoms with van der Waals surface area (Å²) in [5.74, 6) is 1.23. The van der Waals surface area contributed by atoms with E-state index in [0.717, 1.165) is 29.9 Å². The minimum atomic E-state index is -0.129. The van der Waals surface area contributed by atoms with Gasteiger partial charge in [-0.3, -0.25) is 4.79 Å². The number of hydrogen-bond donors (Lipinski definition) is 1. The van der Waals surface area contributed by atoms with E-state index >= 15 is 0 Å². The molecule has 1 aliphatic rings. The topological polar surface area (TPSA) is 54.0 Å². The highest BCUT2D eigenvalue weighted by molar-refractivity contribution is 6.04. The van der Waals surface area contributed by atoms with Gasteiger partial charge in [0, 0.05) is 36.1 Å². The van der Waals surface area contributed by atoms with E-state index in [1.807, 2.05) is 54.6 Å². The van der Waals surface area contributed by atoms with Crippen LogP contribution in [0.5, 0.6) is 11.5 Å². The van der Waals surface area contributed by atoms with Gasteiger partial charge in [0.15, 0.2) is 11.5 Å². The van der Waals surface area contributed by atoms with E-state index < -0.39 is 0 Å². The second-order valence-electron chi connectivity index (χ2n) is 8.50. The summed E-state index contributed by atoms with van der Waals surface area (Å²) in [5, 5.41) is 2.99. The van der Waals surface area contributed by atoms with E-state index in [1.54, 1.807) is 14.2 Å². The van der Waals surface area contributed by atoms with Crippen LogP contribution in [-0.4, -0.2) is 58.3 Å². The molecular weight excluding hydrogens is 414 g/mol. The lowest BCUT2D eigenvalue weighted by molar-refractivity contribution is 0.102. The van der Waals surface area contributed by atoms with Crippen molar-refractivity contribution < 1.29 is 14.3 Å². The van der Waals surface area contributed by atoms with E-state index in [1.165, 1.54) is 12.1 Å². The lowest BCUT2D eigenvalue weighted by atomic mass is 10.0. The number of nitrogens with zero attached hydrogens (tertiary/aromatic N) is 2. The van der Waals surface area contributed by atoms with Crippen LogP contribution < -0.4 is 19.7 Å². The molecular formula is C27H31N3O3. The van der Waals surface area contributed by atoms with Gasteiger partial charge in [-0.1, -0.05) is 18.2 Å². The molecule has 1 unspecified atom stereocenters. The predicted molar refractivity (Wildman–Crippen MR) is 134 cm³/mol. The second-order valence-corrected chi connectivity index (χ2v) is 8.50. The summed E-state index contributed by atoms with van der Waals surface area (Å²) in [6.45, 7) is 2.09. The lowest BCUT2D eigenvalue weighted by Gasteiger charge is -2.22. The summed E-state index contributed by atoms with van der Waals surface area (Å²) in [7, 11) is 7.50. The fourth-order valence-corrected chi connectivity index (χ4v) is 4.19. The van der Waals surface area contributed by atoms with Crippen LogP contribution in [0.15, 0.2) is 66.7 Å². The molecule has 1 amide bonds. The van der Waals surface area contributed by atoms with Crippen molar-refractivity contribution in [2.24, 2.45) is 0 Å². The van der Waals surface area contributed by atoms with Crippen LogP contribution in [-0.2, 0) is 0 Å². The Kier molecular flexibility index (Phi) is 6.84. The third-order valence-electron chi connectivity index (χ3n) is 6.25. The average Bonchev–Trinajstić information content (AvgIpc) is 3.35. The van der Waals surface area contributed by atoms with Crippen molar-refractivity contribution in [1.29, 1.82) is 0 Å².